The molecule has 32 heavy (non-hydrogen) atoms. The van der Waals surface area contributed by atoms with Gasteiger partial charge in [-0.15, -0.1) is 0 Å². The number of aryl methyl sites for hydroxylation is 2. The first-order valence-corrected chi connectivity index (χ1v) is 12.5. The van der Waals surface area contributed by atoms with Crippen molar-refractivity contribution in [2.75, 3.05) is 19.6 Å². The molecule has 0 atom stereocenters. The number of aromatic nitrogens is 1. The highest BCUT2D eigenvalue weighted by molar-refractivity contribution is 7.89. The van der Waals surface area contributed by atoms with E-state index in [1.165, 1.54) is 0 Å². The molecular weight excluding hydrogens is 452 g/mol. The molecule has 0 saturated carbocycles. The molecule has 1 aromatic heterocycles. The minimum atomic E-state index is -3.98. The van der Waals surface area contributed by atoms with Crippen LogP contribution in [0.5, 0.6) is 0 Å². The number of H-pyrrole nitrogens is 1. The lowest BCUT2D eigenvalue weighted by Gasteiger charge is -2.27. The van der Waals surface area contributed by atoms with Crippen LogP contribution in [0.15, 0.2) is 29.2 Å². The highest BCUT2D eigenvalue weighted by Crippen LogP contribution is 2.26. The zero-order chi connectivity index (χ0) is 23.3. The Bertz CT molecular complexity index is 1070. The monoisotopic (exact) mass is 480 g/mol. The van der Waals surface area contributed by atoms with E-state index in [2.05, 4.69) is 15.0 Å². The summed E-state index contributed by atoms with van der Waals surface area (Å²) >= 11 is 5.84. The molecule has 1 aromatic carbocycles. The van der Waals surface area contributed by atoms with Crippen LogP contribution in [0.25, 0.3) is 0 Å². The van der Waals surface area contributed by atoms with E-state index in [1.54, 1.807) is 30.9 Å². The first kappa shape index (κ1) is 24.3. The smallest absolute Gasteiger partial charge is 0.257 e. The minimum absolute atomic E-state index is 0.0231. The van der Waals surface area contributed by atoms with Crippen molar-refractivity contribution >= 4 is 33.4 Å². The van der Waals surface area contributed by atoms with Crippen LogP contribution in [0, 0.1) is 13.8 Å². The van der Waals surface area contributed by atoms with Gasteiger partial charge in [0.2, 0.25) is 15.9 Å². The third-order valence-electron chi connectivity index (χ3n) is 5.49. The van der Waals surface area contributed by atoms with Gasteiger partial charge in [-0.25, -0.2) is 13.1 Å². The molecule has 0 unspecified atom stereocenters. The molecule has 3 N–H and O–H groups in total. The summed E-state index contributed by atoms with van der Waals surface area (Å²) in [5.74, 6) is -0.554. The zero-order valence-electron chi connectivity index (χ0n) is 18.3. The van der Waals surface area contributed by atoms with Crippen LogP contribution in [0.2, 0.25) is 5.02 Å². The summed E-state index contributed by atoms with van der Waals surface area (Å²) in [7, 11) is -3.98. The van der Waals surface area contributed by atoms with Crippen LogP contribution < -0.4 is 10.0 Å². The van der Waals surface area contributed by atoms with Crippen molar-refractivity contribution in [3.63, 3.8) is 0 Å². The van der Waals surface area contributed by atoms with Crippen LogP contribution in [-0.2, 0) is 21.4 Å². The Hall–Kier alpha value is -2.36. The van der Waals surface area contributed by atoms with Crippen molar-refractivity contribution in [1.29, 1.82) is 0 Å². The average molecular weight is 481 g/mol. The van der Waals surface area contributed by atoms with Crippen LogP contribution in [0.4, 0.5) is 0 Å². The fraction of sp³-hybridized carbons (Fsp3) is 0.455. The van der Waals surface area contributed by atoms with Crippen molar-refractivity contribution in [2.45, 2.75) is 51.0 Å². The maximum atomic E-state index is 13.1. The van der Waals surface area contributed by atoms with Gasteiger partial charge in [-0.3, -0.25) is 9.59 Å². The molecule has 0 bridgehead atoms. The highest BCUT2D eigenvalue weighted by Gasteiger charge is 2.31. The number of carbonyl (C=O) groups excluding carboxylic acids is 2. The van der Waals surface area contributed by atoms with Crippen molar-refractivity contribution in [1.82, 2.24) is 19.9 Å². The summed E-state index contributed by atoms with van der Waals surface area (Å²) in [6, 6.07) is 7.09. The van der Waals surface area contributed by atoms with Gasteiger partial charge in [-0.2, -0.15) is 0 Å². The summed E-state index contributed by atoms with van der Waals surface area (Å²) in [5, 5.41) is 3.36. The molecule has 1 aliphatic heterocycles. The maximum Gasteiger partial charge on any atom is 0.257 e. The fourth-order valence-electron chi connectivity index (χ4n) is 3.87. The van der Waals surface area contributed by atoms with E-state index in [0.717, 1.165) is 24.8 Å². The number of likely N-dealkylation sites (tertiary alicyclic amines) is 1. The van der Waals surface area contributed by atoms with Crippen LogP contribution in [0.1, 0.15) is 53.0 Å². The fourth-order valence-corrected chi connectivity index (χ4v) is 5.47. The number of rotatable bonds is 8. The summed E-state index contributed by atoms with van der Waals surface area (Å²) < 4.78 is 28.5. The van der Waals surface area contributed by atoms with E-state index >= 15 is 0 Å². The molecule has 0 radical (unpaired) electrons. The van der Waals surface area contributed by atoms with E-state index in [9.17, 15) is 18.0 Å². The zero-order valence-corrected chi connectivity index (χ0v) is 19.9. The van der Waals surface area contributed by atoms with Gasteiger partial charge in [0.1, 0.15) is 4.90 Å². The molecular formula is C22H29ClN4O4S. The van der Waals surface area contributed by atoms with Crippen molar-refractivity contribution in [3.8, 4) is 0 Å². The molecule has 0 spiro atoms. The van der Waals surface area contributed by atoms with Crippen LogP contribution >= 0.6 is 11.6 Å². The number of nitrogens with one attached hydrogen (secondary N) is 3. The molecule has 10 heteroatoms. The van der Waals surface area contributed by atoms with Gasteiger partial charge in [0.25, 0.3) is 5.91 Å². The molecule has 2 aromatic rings. The Morgan fingerprint density at radius 2 is 1.72 bits per heavy atom. The molecule has 0 aliphatic carbocycles. The minimum Gasteiger partial charge on any atom is -0.361 e. The summed E-state index contributed by atoms with van der Waals surface area (Å²) in [6.07, 6.45) is 2.88. The number of sulfonamides is 1. The second kappa shape index (κ2) is 10.5. The van der Waals surface area contributed by atoms with Gasteiger partial charge in [-0.05, 0) is 50.8 Å². The lowest BCUT2D eigenvalue weighted by Crippen LogP contribution is -2.37. The van der Waals surface area contributed by atoms with Crippen LogP contribution in [-0.4, -0.2) is 49.8 Å². The number of carbonyl (C=O) groups is 2. The average Bonchev–Trinajstić information content (AvgIpc) is 3.07. The Kier molecular flexibility index (Phi) is 7.97. The topological polar surface area (TPSA) is 111 Å². The quantitative estimate of drug-likeness (QED) is 0.539. The number of amides is 2. The van der Waals surface area contributed by atoms with Gasteiger partial charge < -0.3 is 15.2 Å². The number of hydrogen-bond acceptors (Lipinski definition) is 4. The predicted molar refractivity (Wildman–Crippen MR) is 123 cm³/mol. The number of hydrogen-bond donors (Lipinski definition) is 3. The number of benzene rings is 1. The first-order valence-electron chi connectivity index (χ1n) is 10.7. The van der Waals surface area contributed by atoms with Gasteiger partial charge in [0.15, 0.2) is 0 Å². The molecule has 174 valence electrons. The van der Waals surface area contributed by atoms with Crippen molar-refractivity contribution < 1.29 is 18.0 Å². The summed E-state index contributed by atoms with van der Waals surface area (Å²) in [6.45, 7) is 4.84. The van der Waals surface area contributed by atoms with Gasteiger partial charge in [0, 0.05) is 49.0 Å². The van der Waals surface area contributed by atoms with Crippen LogP contribution in [0.3, 0.4) is 0 Å². The summed E-state index contributed by atoms with van der Waals surface area (Å²) in [5.41, 5.74) is 2.01. The molecule has 3 rings (SSSR count). The number of piperidine rings is 1. The molecule has 2 heterocycles. The summed E-state index contributed by atoms with van der Waals surface area (Å²) in [4.78, 5) is 29.8. The Labute approximate surface area is 193 Å². The lowest BCUT2D eigenvalue weighted by atomic mass is 10.1. The largest absolute Gasteiger partial charge is 0.361 e. The van der Waals surface area contributed by atoms with Gasteiger partial charge in [0.05, 0.1) is 5.56 Å². The molecule has 1 fully saturated rings. The van der Waals surface area contributed by atoms with E-state index in [4.69, 9.17) is 11.6 Å². The third kappa shape index (κ3) is 5.90. The van der Waals surface area contributed by atoms with E-state index < -0.39 is 10.0 Å². The normalized spacial score (nSPS) is 14.4. The standard InChI is InChI=1S/C22H29ClN4O4S/c1-15-20(22(29)27-12-4-3-5-13-27)21(16(2)26-15)32(30,31)25-11-10-19(28)24-14-17-6-8-18(23)9-7-17/h6-9,25-26H,3-5,10-14H2,1-2H3,(H,24,28). The molecule has 1 saturated heterocycles. The maximum absolute atomic E-state index is 13.1. The third-order valence-corrected chi connectivity index (χ3v) is 7.37. The molecule has 1 aliphatic rings. The van der Waals surface area contributed by atoms with Crippen molar-refractivity contribution in [3.05, 3.63) is 51.8 Å². The van der Waals surface area contributed by atoms with E-state index in [0.29, 0.717) is 36.0 Å². The number of aromatic amines is 1. The molecule has 8 nitrogen and oxygen atoms in total. The van der Waals surface area contributed by atoms with E-state index in [1.807, 2.05) is 12.1 Å². The Morgan fingerprint density at radius 3 is 2.38 bits per heavy atom. The lowest BCUT2D eigenvalue weighted by molar-refractivity contribution is -0.121. The second-order valence-electron chi connectivity index (χ2n) is 7.98. The number of halogens is 1. The highest BCUT2D eigenvalue weighted by atomic mass is 35.5. The Balaban J connectivity index is 1.62. The predicted octanol–water partition coefficient (Wildman–Crippen LogP) is 2.90. The number of nitrogens with zero attached hydrogens (tertiary/aromatic N) is 1. The van der Waals surface area contributed by atoms with E-state index in [-0.39, 0.29) is 35.2 Å². The SMILES string of the molecule is Cc1[nH]c(C)c(S(=O)(=O)NCCC(=O)NCc2ccc(Cl)cc2)c1C(=O)N1CCCCC1. The second-order valence-corrected chi connectivity index (χ2v) is 10.1. The molecule has 2 amide bonds. The first-order chi connectivity index (χ1) is 15.2. The van der Waals surface area contributed by atoms with Gasteiger partial charge in [-0.1, -0.05) is 23.7 Å². The van der Waals surface area contributed by atoms with Crippen molar-refractivity contribution in [2.24, 2.45) is 0 Å². The Morgan fingerprint density at radius 1 is 1.06 bits per heavy atom. The van der Waals surface area contributed by atoms with Gasteiger partial charge >= 0.3 is 0 Å².